The minimum Gasteiger partial charge on any atom is -0.496 e. The number of nitrogens with two attached hydrogens (primary N) is 1. The Morgan fingerprint density at radius 2 is 1.90 bits per heavy atom. The summed E-state index contributed by atoms with van der Waals surface area (Å²) in [5, 5.41) is 3.04. The summed E-state index contributed by atoms with van der Waals surface area (Å²) in [6, 6.07) is 5.50. The van der Waals surface area contributed by atoms with Gasteiger partial charge in [-0.25, -0.2) is 0 Å². The maximum absolute atomic E-state index is 12.3. The van der Waals surface area contributed by atoms with Gasteiger partial charge in [-0.3, -0.25) is 4.79 Å². The highest BCUT2D eigenvalue weighted by molar-refractivity contribution is 5.78. The standard InChI is InChI=1S/C17H26N2O2/c1-21-16-10-9-15(18)11-14(16)12-19-17(20)13-7-5-3-2-4-6-8-13/h9-11,13H,2-8,12,18H2,1H3,(H,19,20). The van der Waals surface area contributed by atoms with Crippen LogP contribution in [0.4, 0.5) is 5.69 Å². The zero-order chi connectivity index (χ0) is 15.1. The third kappa shape index (κ3) is 4.66. The zero-order valence-electron chi connectivity index (χ0n) is 12.9. The predicted octanol–water partition coefficient (Wildman–Crippen LogP) is 3.25. The van der Waals surface area contributed by atoms with Gasteiger partial charge in [0.05, 0.1) is 7.11 Å². The van der Waals surface area contributed by atoms with Crippen LogP contribution in [0, 0.1) is 5.92 Å². The molecule has 0 heterocycles. The van der Waals surface area contributed by atoms with Crippen LogP contribution in [0.15, 0.2) is 18.2 Å². The molecular formula is C17H26N2O2. The lowest BCUT2D eigenvalue weighted by Gasteiger charge is -2.19. The summed E-state index contributed by atoms with van der Waals surface area (Å²) in [6.07, 6.45) is 8.19. The van der Waals surface area contributed by atoms with E-state index in [9.17, 15) is 4.79 Å². The van der Waals surface area contributed by atoms with Crippen molar-refractivity contribution >= 4 is 11.6 Å². The monoisotopic (exact) mass is 290 g/mol. The Bertz CT molecular complexity index is 466. The molecule has 1 amide bonds. The van der Waals surface area contributed by atoms with Gasteiger partial charge in [0.25, 0.3) is 0 Å². The molecule has 1 aromatic rings. The average Bonchev–Trinajstić information content (AvgIpc) is 2.44. The van der Waals surface area contributed by atoms with E-state index < -0.39 is 0 Å². The van der Waals surface area contributed by atoms with Gasteiger partial charge in [-0.1, -0.05) is 32.1 Å². The lowest BCUT2D eigenvalue weighted by Crippen LogP contribution is -2.30. The van der Waals surface area contributed by atoms with E-state index in [0.717, 1.165) is 24.2 Å². The molecule has 1 aliphatic rings. The molecule has 0 bridgehead atoms. The Hall–Kier alpha value is -1.71. The number of methoxy groups -OCH3 is 1. The van der Waals surface area contributed by atoms with Crippen LogP contribution in [0.25, 0.3) is 0 Å². The molecule has 1 saturated carbocycles. The van der Waals surface area contributed by atoms with Gasteiger partial charge in [-0.05, 0) is 31.0 Å². The van der Waals surface area contributed by atoms with Crippen molar-refractivity contribution in [2.24, 2.45) is 5.92 Å². The highest BCUT2D eigenvalue weighted by Crippen LogP contribution is 2.24. The fourth-order valence-electron chi connectivity index (χ4n) is 2.98. The molecule has 2 rings (SSSR count). The molecule has 21 heavy (non-hydrogen) atoms. The Balaban J connectivity index is 1.92. The number of rotatable bonds is 4. The van der Waals surface area contributed by atoms with Crippen LogP contribution in [-0.4, -0.2) is 13.0 Å². The van der Waals surface area contributed by atoms with E-state index in [1.165, 1.54) is 32.1 Å². The van der Waals surface area contributed by atoms with Crippen LogP contribution in [0.2, 0.25) is 0 Å². The fourth-order valence-corrected chi connectivity index (χ4v) is 2.98. The second-order valence-corrected chi connectivity index (χ2v) is 5.83. The maximum atomic E-state index is 12.3. The largest absolute Gasteiger partial charge is 0.496 e. The quantitative estimate of drug-likeness (QED) is 0.837. The van der Waals surface area contributed by atoms with Gasteiger partial charge in [0.15, 0.2) is 0 Å². The first-order valence-corrected chi connectivity index (χ1v) is 7.91. The van der Waals surface area contributed by atoms with Gasteiger partial charge in [-0.15, -0.1) is 0 Å². The van der Waals surface area contributed by atoms with Gasteiger partial charge in [-0.2, -0.15) is 0 Å². The highest BCUT2D eigenvalue weighted by atomic mass is 16.5. The van der Waals surface area contributed by atoms with Gasteiger partial charge < -0.3 is 15.8 Å². The smallest absolute Gasteiger partial charge is 0.223 e. The summed E-state index contributed by atoms with van der Waals surface area (Å²) in [4.78, 5) is 12.3. The molecule has 0 aliphatic heterocycles. The summed E-state index contributed by atoms with van der Waals surface area (Å²) in [7, 11) is 1.63. The zero-order valence-corrected chi connectivity index (χ0v) is 12.9. The molecule has 1 aromatic carbocycles. The number of carbonyl (C=O) groups is 1. The van der Waals surface area contributed by atoms with E-state index in [1.54, 1.807) is 13.2 Å². The molecule has 0 atom stereocenters. The third-order valence-corrected chi connectivity index (χ3v) is 4.23. The number of nitrogens with one attached hydrogen (secondary N) is 1. The Morgan fingerprint density at radius 3 is 2.57 bits per heavy atom. The van der Waals surface area contributed by atoms with E-state index in [-0.39, 0.29) is 11.8 Å². The Kier molecular flexibility index (Phi) is 5.90. The summed E-state index contributed by atoms with van der Waals surface area (Å²) in [6.45, 7) is 0.476. The van der Waals surface area contributed by atoms with E-state index >= 15 is 0 Å². The number of amides is 1. The summed E-state index contributed by atoms with van der Waals surface area (Å²) >= 11 is 0. The van der Waals surface area contributed by atoms with Gasteiger partial charge >= 0.3 is 0 Å². The normalized spacial score (nSPS) is 16.8. The highest BCUT2D eigenvalue weighted by Gasteiger charge is 2.19. The maximum Gasteiger partial charge on any atom is 0.223 e. The summed E-state index contributed by atoms with van der Waals surface area (Å²) in [5.41, 5.74) is 7.41. The Morgan fingerprint density at radius 1 is 1.24 bits per heavy atom. The van der Waals surface area contributed by atoms with Crippen molar-refractivity contribution in [3.05, 3.63) is 23.8 Å². The number of benzene rings is 1. The molecule has 4 nitrogen and oxygen atoms in total. The Labute approximate surface area is 127 Å². The first kappa shape index (κ1) is 15.7. The topological polar surface area (TPSA) is 64.3 Å². The predicted molar refractivity (Wildman–Crippen MR) is 85.1 cm³/mol. The van der Waals surface area contributed by atoms with Crippen molar-refractivity contribution in [3.63, 3.8) is 0 Å². The molecule has 0 spiro atoms. The van der Waals surface area contributed by atoms with Crippen molar-refractivity contribution < 1.29 is 9.53 Å². The average molecular weight is 290 g/mol. The van der Waals surface area contributed by atoms with Crippen molar-refractivity contribution in [3.8, 4) is 5.75 Å². The lowest BCUT2D eigenvalue weighted by atomic mass is 9.90. The SMILES string of the molecule is COc1ccc(N)cc1CNC(=O)C1CCCCCCC1. The molecule has 1 aliphatic carbocycles. The number of hydrogen-bond donors (Lipinski definition) is 2. The number of nitrogen functional groups attached to an aromatic ring is 1. The first-order chi connectivity index (χ1) is 10.2. The molecule has 0 radical (unpaired) electrons. The molecule has 116 valence electrons. The minimum atomic E-state index is 0.164. The number of hydrogen-bond acceptors (Lipinski definition) is 3. The summed E-state index contributed by atoms with van der Waals surface area (Å²) in [5.74, 6) is 1.10. The molecule has 0 aromatic heterocycles. The van der Waals surface area contributed by atoms with Crippen LogP contribution in [0.1, 0.15) is 50.5 Å². The molecule has 1 fully saturated rings. The van der Waals surface area contributed by atoms with Crippen molar-refractivity contribution in [1.82, 2.24) is 5.32 Å². The number of anilines is 1. The number of carbonyl (C=O) groups excluding carboxylic acids is 1. The van der Waals surface area contributed by atoms with Gasteiger partial charge in [0, 0.05) is 23.7 Å². The third-order valence-electron chi connectivity index (χ3n) is 4.23. The van der Waals surface area contributed by atoms with Crippen molar-refractivity contribution in [2.75, 3.05) is 12.8 Å². The number of ether oxygens (including phenoxy) is 1. The molecule has 3 N–H and O–H groups in total. The fraction of sp³-hybridized carbons (Fsp3) is 0.588. The van der Waals surface area contributed by atoms with Crippen LogP contribution in [0.5, 0.6) is 5.75 Å². The van der Waals surface area contributed by atoms with Crippen LogP contribution in [0.3, 0.4) is 0 Å². The first-order valence-electron chi connectivity index (χ1n) is 7.91. The van der Waals surface area contributed by atoms with E-state index in [0.29, 0.717) is 12.2 Å². The molecule has 4 heteroatoms. The second kappa shape index (κ2) is 7.91. The van der Waals surface area contributed by atoms with Gasteiger partial charge in [0.2, 0.25) is 5.91 Å². The molecular weight excluding hydrogens is 264 g/mol. The molecule has 0 saturated heterocycles. The van der Waals surface area contributed by atoms with Crippen LogP contribution in [-0.2, 0) is 11.3 Å². The lowest BCUT2D eigenvalue weighted by molar-refractivity contribution is -0.125. The van der Waals surface area contributed by atoms with E-state index in [2.05, 4.69) is 5.32 Å². The van der Waals surface area contributed by atoms with Crippen molar-refractivity contribution in [1.29, 1.82) is 0 Å². The van der Waals surface area contributed by atoms with Crippen LogP contribution < -0.4 is 15.8 Å². The minimum absolute atomic E-state index is 0.164. The molecule has 0 unspecified atom stereocenters. The summed E-state index contributed by atoms with van der Waals surface area (Å²) < 4.78 is 5.31. The van der Waals surface area contributed by atoms with E-state index in [1.807, 2.05) is 12.1 Å². The van der Waals surface area contributed by atoms with Crippen molar-refractivity contribution in [2.45, 2.75) is 51.5 Å². The van der Waals surface area contributed by atoms with E-state index in [4.69, 9.17) is 10.5 Å². The van der Waals surface area contributed by atoms with Crippen LogP contribution >= 0.6 is 0 Å². The second-order valence-electron chi connectivity index (χ2n) is 5.83. The van der Waals surface area contributed by atoms with Gasteiger partial charge in [0.1, 0.15) is 5.75 Å².